The molecule has 1 amide bonds. The molecule has 0 spiro atoms. The van der Waals surface area contributed by atoms with Gasteiger partial charge in [-0.05, 0) is 38.0 Å². The van der Waals surface area contributed by atoms with Crippen LogP contribution in [0.25, 0.3) is 0 Å². The second-order valence-electron chi connectivity index (χ2n) is 7.35. The molecule has 0 saturated heterocycles. The van der Waals surface area contributed by atoms with E-state index in [1.54, 1.807) is 6.92 Å². The SMILES string of the molecule is CC1(NC(=O)CC2(CS(C)(=O)=O)CC2)CCCCC1C(=O)O. The molecule has 2 fully saturated rings. The molecule has 126 valence electrons. The van der Waals surface area contributed by atoms with Gasteiger partial charge in [-0.1, -0.05) is 12.8 Å². The molecule has 2 rings (SSSR count). The number of nitrogens with one attached hydrogen (secondary N) is 1. The molecule has 0 bridgehead atoms. The number of rotatable bonds is 6. The minimum Gasteiger partial charge on any atom is -0.481 e. The number of sulfone groups is 1. The number of hydrogen-bond donors (Lipinski definition) is 2. The summed E-state index contributed by atoms with van der Waals surface area (Å²) in [6.07, 6.45) is 5.82. The standard InChI is InChI=1S/C15H25NO5S/c1-14(6-4-3-5-11(14)13(18)19)16-12(17)9-15(7-8-15)10-22(2,20)21/h11H,3-10H2,1-2H3,(H,16,17)(H,18,19). The lowest BCUT2D eigenvalue weighted by molar-refractivity contribution is -0.146. The molecule has 0 aromatic heterocycles. The predicted molar refractivity (Wildman–Crippen MR) is 82.1 cm³/mol. The van der Waals surface area contributed by atoms with Crippen LogP contribution in [0.4, 0.5) is 0 Å². The van der Waals surface area contributed by atoms with Crippen molar-refractivity contribution in [3.8, 4) is 0 Å². The number of hydrogen-bond acceptors (Lipinski definition) is 4. The average Bonchev–Trinajstić information content (AvgIpc) is 3.04. The number of carbonyl (C=O) groups is 2. The van der Waals surface area contributed by atoms with Crippen LogP contribution in [0.1, 0.15) is 51.9 Å². The first-order valence-electron chi connectivity index (χ1n) is 7.77. The first-order valence-corrected chi connectivity index (χ1v) is 9.83. The van der Waals surface area contributed by atoms with Crippen LogP contribution < -0.4 is 5.32 Å². The van der Waals surface area contributed by atoms with E-state index in [1.165, 1.54) is 6.26 Å². The van der Waals surface area contributed by atoms with E-state index >= 15 is 0 Å². The van der Waals surface area contributed by atoms with Gasteiger partial charge in [0.2, 0.25) is 5.91 Å². The van der Waals surface area contributed by atoms with Crippen molar-refractivity contribution in [1.29, 1.82) is 0 Å². The number of carboxylic acid groups (broad SMARTS) is 1. The lowest BCUT2D eigenvalue weighted by Gasteiger charge is -2.40. The fourth-order valence-corrected chi connectivity index (χ4v) is 5.19. The van der Waals surface area contributed by atoms with Gasteiger partial charge in [-0.2, -0.15) is 0 Å². The fourth-order valence-electron chi connectivity index (χ4n) is 3.69. The Labute approximate surface area is 131 Å². The molecule has 2 unspecified atom stereocenters. The molecule has 0 aliphatic heterocycles. The minimum absolute atomic E-state index is 0.0342. The third-order valence-corrected chi connectivity index (χ3v) is 6.13. The molecule has 0 radical (unpaired) electrons. The normalized spacial score (nSPS) is 30.5. The van der Waals surface area contributed by atoms with Gasteiger partial charge < -0.3 is 10.4 Å². The monoisotopic (exact) mass is 331 g/mol. The van der Waals surface area contributed by atoms with E-state index in [9.17, 15) is 23.1 Å². The highest BCUT2D eigenvalue weighted by Gasteiger charge is 2.48. The Bertz CT molecular complexity index is 566. The van der Waals surface area contributed by atoms with Crippen molar-refractivity contribution in [3.63, 3.8) is 0 Å². The molecule has 2 saturated carbocycles. The Hall–Kier alpha value is -1.11. The summed E-state index contributed by atoms with van der Waals surface area (Å²) < 4.78 is 22.9. The van der Waals surface area contributed by atoms with Crippen molar-refractivity contribution in [2.75, 3.05) is 12.0 Å². The van der Waals surface area contributed by atoms with Crippen LogP contribution in [0.5, 0.6) is 0 Å². The summed E-state index contributed by atoms with van der Waals surface area (Å²) >= 11 is 0. The zero-order chi connectivity index (χ0) is 16.6. The molecular formula is C15H25NO5S. The molecule has 2 atom stereocenters. The molecule has 0 aromatic rings. The summed E-state index contributed by atoms with van der Waals surface area (Å²) in [4.78, 5) is 23.7. The van der Waals surface area contributed by atoms with E-state index in [0.717, 1.165) is 25.7 Å². The van der Waals surface area contributed by atoms with Crippen molar-refractivity contribution in [3.05, 3.63) is 0 Å². The second-order valence-corrected chi connectivity index (χ2v) is 9.49. The van der Waals surface area contributed by atoms with Gasteiger partial charge in [-0.15, -0.1) is 0 Å². The molecule has 2 N–H and O–H groups in total. The van der Waals surface area contributed by atoms with Crippen molar-refractivity contribution in [2.24, 2.45) is 11.3 Å². The topological polar surface area (TPSA) is 101 Å². The van der Waals surface area contributed by atoms with Gasteiger partial charge in [0.05, 0.1) is 17.2 Å². The molecule has 0 heterocycles. The van der Waals surface area contributed by atoms with Crippen LogP contribution >= 0.6 is 0 Å². The maximum Gasteiger partial charge on any atom is 0.308 e. The molecule has 2 aliphatic rings. The minimum atomic E-state index is -3.11. The Balaban J connectivity index is 2.00. The zero-order valence-electron chi connectivity index (χ0n) is 13.2. The molecule has 0 aromatic carbocycles. The Morgan fingerprint density at radius 2 is 1.86 bits per heavy atom. The molecule has 2 aliphatic carbocycles. The van der Waals surface area contributed by atoms with E-state index in [2.05, 4.69) is 5.32 Å². The van der Waals surface area contributed by atoms with Crippen molar-refractivity contribution in [2.45, 2.75) is 57.4 Å². The summed E-state index contributed by atoms with van der Waals surface area (Å²) in [7, 11) is -3.11. The van der Waals surface area contributed by atoms with Crippen molar-refractivity contribution >= 4 is 21.7 Å². The predicted octanol–water partition coefficient (Wildman–Crippen LogP) is 1.35. The van der Waals surface area contributed by atoms with Crippen LogP contribution in [-0.2, 0) is 19.4 Å². The highest BCUT2D eigenvalue weighted by Crippen LogP contribution is 2.50. The number of carbonyl (C=O) groups excluding carboxylic acids is 1. The highest BCUT2D eigenvalue weighted by molar-refractivity contribution is 7.90. The quantitative estimate of drug-likeness (QED) is 0.765. The van der Waals surface area contributed by atoms with Gasteiger partial charge in [0, 0.05) is 12.7 Å². The zero-order valence-corrected chi connectivity index (χ0v) is 14.0. The van der Waals surface area contributed by atoms with Crippen LogP contribution in [0, 0.1) is 11.3 Å². The van der Waals surface area contributed by atoms with Crippen LogP contribution in [-0.4, -0.2) is 42.9 Å². The molecule has 7 heteroatoms. The Morgan fingerprint density at radius 1 is 1.23 bits per heavy atom. The molecule has 22 heavy (non-hydrogen) atoms. The molecule has 6 nitrogen and oxygen atoms in total. The van der Waals surface area contributed by atoms with E-state index < -0.39 is 32.7 Å². The number of carboxylic acids is 1. The lowest BCUT2D eigenvalue weighted by atomic mass is 9.73. The second kappa shape index (κ2) is 5.83. The summed E-state index contributed by atoms with van der Waals surface area (Å²) in [5.41, 5.74) is -1.16. The number of amides is 1. The molecular weight excluding hydrogens is 306 g/mol. The van der Waals surface area contributed by atoms with Gasteiger partial charge in [0.15, 0.2) is 0 Å². The van der Waals surface area contributed by atoms with Gasteiger partial charge in [-0.3, -0.25) is 9.59 Å². The van der Waals surface area contributed by atoms with E-state index in [0.29, 0.717) is 12.8 Å². The van der Waals surface area contributed by atoms with E-state index in [1.807, 2.05) is 0 Å². The van der Waals surface area contributed by atoms with E-state index in [-0.39, 0.29) is 18.1 Å². The van der Waals surface area contributed by atoms with Gasteiger partial charge in [0.25, 0.3) is 0 Å². The Morgan fingerprint density at radius 3 is 2.36 bits per heavy atom. The third-order valence-electron chi connectivity index (χ3n) is 4.99. The summed E-state index contributed by atoms with van der Waals surface area (Å²) in [5.74, 6) is -1.64. The van der Waals surface area contributed by atoms with Crippen molar-refractivity contribution < 1.29 is 23.1 Å². The maximum atomic E-state index is 12.3. The smallest absolute Gasteiger partial charge is 0.308 e. The van der Waals surface area contributed by atoms with Crippen LogP contribution in [0.15, 0.2) is 0 Å². The van der Waals surface area contributed by atoms with Gasteiger partial charge >= 0.3 is 5.97 Å². The van der Waals surface area contributed by atoms with E-state index in [4.69, 9.17) is 0 Å². The first-order chi connectivity index (χ1) is 10.1. The lowest BCUT2D eigenvalue weighted by Crippen LogP contribution is -2.55. The van der Waals surface area contributed by atoms with Crippen LogP contribution in [0.3, 0.4) is 0 Å². The maximum absolute atomic E-state index is 12.3. The fraction of sp³-hybridized carbons (Fsp3) is 0.867. The first kappa shape index (κ1) is 17.2. The number of aliphatic carboxylic acids is 1. The third kappa shape index (κ3) is 4.21. The van der Waals surface area contributed by atoms with Crippen LogP contribution in [0.2, 0.25) is 0 Å². The average molecular weight is 331 g/mol. The summed E-state index contributed by atoms with van der Waals surface area (Å²) in [5, 5.41) is 12.2. The summed E-state index contributed by atoms with van der Waals surface area (Å²) in [6.45, 7) is 1.79. The van der Waals surface area contributed by atoms with Gasteiger partial charge in [-0.25, -0.2) is 8.42 Å². The highest BCUT2D eigenvalue weighted by atomic mass is 32.2. The van der Waals surface area contributed by atoms with Gasteiger partial charge in [0.1, 0.15) is 9.84 Å². The van der Waals surface area contributed by atoms with Crippen molar-refractivity contribution in [1.82, 2.24) is 5.32 Å². The largest absolute Gasteiger partial charge is 0.481 e. The summed E-state index contributed by atoms with van der Waals surface area (Å²) in [6, 6.07) is 0. The Kier molecular flexibility index (Phi) is 4.57.